The quantitative estimate of drug-likeness (QED) is 0.115. The number of benzene rings is 6. The van der Waals surface area contributed by atoms with Gasteiger partial charge in [-0.15, -0.1) is 0 Å². The van der Waals surface area contributed by atoms with Gasteiger partial charge in [0, 0.05) is 80.8 Å². The Morgan fingerprint density at radius 2 is 0.700 bits per heavy atom. The van der Waals surface area contributed by atoms with Gasteiger partial charge >= 0.3 is 0 Å². The third-order valence-electron chi connectivity index (χ3n) is 20.6. The van der Waals surface area contributed by atoms with Gasteiger partial charge in [0.15, 0.2) is 34.5 Å². The summed E-state index contributed by atoms with van der Waals surface area (Å²) in [5.41, 5.74) is 2.90. The van der Waals surface area contributed by atoms with Crippen molar-refractivity contribution in [3.8, 4) is 51.7 Å². The maximum absolute atomic E-state index is 15.5. The van der Waals surface area contributed by atoms with Gasteiger partial charge in [-0.1, -0.05) is 54.6 Å². The van der Waals surface area contributed by atoms with Crippen LogP contribution in [0, 0.1) is 0 Å². The molecule has 12 amide bonds. The predicted molar refractivity (Wildman–Crippen MR) is 401 cm³/mol. The molecule has 2 fully saturated rings. The topological polar surface area (TPSA) is 363 Å². The lowest BCUT2D eigenvalue weighted by molar-refractivity contribution is -0.149. The van der Waals surface area contributed by atoms with E-state index in [0.717, 1.165) is 9.80 Å². The van der Waals surface area contributed by atoms with Crippen molar-refractivity contribution in [2.24, 2.45) is 0 Å². The molecule has 0 aliphatic carbocycles. The second-order valence-electron chi connectivity index (χ2n) is 28.4. The van der Waals surface area contributed by atoms with Crippen LogP contribution in [0.3, 0.4) is 0 Å². The number of carbonyl (C=O) groups excluding carboxylic acids is 12. The zero-order chi connectivity index (χ0) is 79.9. The summed E-state index contributed by atoms with van der Waals surface area (Å²) < 4.78 is 30.7. The second kappa shape index (κ2) is 34.3. The molecule has 6 aromatic rings. The monoisotopic (exact) mass is 1510 g/mol. The molecule has 30 nitrogen and oxygen atoms in total. The van der Waals surface area contributed by atoms with Crippen molar-refractivity contribution in [2.75, 3.05) is 56.5 Å². The Morgan fingerprint density at radius 1 is 0.345 bits per heavy atom. The zero-order valence-corrected chi connectivity index (χ0v) is 63.9. The normalized spacial score (nSPS) is 24.7. The molecule has 6 aliphatic rings. The molecule has 0 unspecified atom stereocenters. The molecule has 0 aromatic heterocycles. The van der Waals surface area contributed by atoms with Crippen LogP contribution >= 0.6 is 0 Å². The fourth-order valence-corrected chi connectivity index (χ4v) is 13.7. The minimum atomic E-state index is -1.45. The second-order valence-corrected chi connectivity index (χ2v) is 28.4. The van der Waals surface area contributed by atoms with Crippen LogP contribution in [-0.4, -0.2) is 234 Å². The molecule has 2 saturated heterocycles. The summed E-state index contributed by atoms with van der Waals surface area (Å²) in [6.07, 6.45) is -0.921. The number of hydrogen-bond acceptors (Lipinski definition) is 18. The number of hydrogen-bond donors (Lipinski definition) is 7. The molecule has 0 saturated carbocycles. The number of likely N-dealkylation sites (N-methyl/N-ethyl adjacent to an activating group) is 6. The van der Waals surface area contributed by atoms with Crippen molar-refractivity contribution >= 4 is 70.9 Å². The first-order valence-corrected chi connectivity index (χ1v) is 36.1. The van der Waals surface area contributed by atoms with E-state index >= 15 is 19.2 Å². The zero-order valence-electron chi connectivity index (χ0n) is 63.9. The molecule has 0 radical (unpaired) electrons. The van der Waals surface area contributed by atoms with Crippen LogP contribution in [-0.2, 0) is 96.1 Å². The number of methoxy groups -OCH3 is 2. The molecule has 110 heavy (non-hydrogen) atoms. The van der Waals surface area contributed by atoms with Crippen molar-refractivity contribution in [1.29, 1.82) is 0 Å². The van der Waals surface area contributed by atoms with Gasteiger partial charge < -0.3 is 90.1 Å². The fourth-order valence-electron chi connectivity index (χ4n) is 13.7. The number of fused-ring (bicyclic) bond motifs is 4. The third kappa shape index (κ3) is 18.3. The number of carbonyl (C=O) groups is 12. The molecule has 12 atom stereocenters. The molecule has 0 spiro atoms. The Labute approximate surface area is 637 Å². The van der Waals surface area contributed by atoms with Gasteiger partial charge in [0.25, 0.3) is 0 Å². The molecule has 6 heterocycles. The molecular formula is C80H94N12O18. The largest absolute Gasteiger partial charge is 0.504 e. The summed E-state index contributed by atoms with van der Waals surface area (Å²) in [6, 6.07) is 18.3. The molecule has 6 aromatic carbocycles. The van der Waals surface area contributed by atoms with E-state index in [0.29, 0.717) is 44.9 Å². The predicted octanol–water partition coefficient (Wildman–Crippen LogP) is 3.49. The molecule has 12 bridgehead atoms. The van der Waals surface area contributed by atoms with E-state index in [1.54, 1.807) is 91.0 Å². The molecule has 6 aliphatic heterocycles. The SMILES string of the molecule is COc1ccc(C[C@H]2C(=O)N[C@@H](C)C(=O)N(C)[C@H]3Cc4ccc(cc4)Oc4cc(ccc4Oc4cc5ccc4Oc4cc(ccc4O)C[C@H]4C(=O)N(C)[C@@H](C5)C(=O)N[C@H](C)C(=O)N[C@@H](C)C(=O)N(C)[C@@H](Cc5ccc(OC)cc5)C(=O)N[C@@H](C)C(=O)N4C)C[C@@H](C(=O)N[C@H](C)C(=O)N[C@@H](C)C(=O)N2C)N(C)C3=O)cc1. The summed E-state index contributed by atoms with van der Waals surface area (Å²) in [4.78, 5) is 183. The maximum atomic E-state index is 15.5. The summed E-state index contributed by atoms with van der Waals surface area (Å²) in [6.45, 7) is 8.55. The van der Waals surface area contributed by atoms with Gasteiger partial charge in [-0.2, -0.15) is 0 Å². The first-order valence-electron chi connectivity index (χ1n) is 36.1. The lowest BCUT2D eigenvalue weighted by Crippen LogP contribution is -2.61. The highest BCUT2D eigenvalue weighted by Gasteiger charge is 2.43. The number of nitrogens with zero attached hydrogens (tertiary/aromatic N) is 6. The van der Waals surface area contributed by atoms with Crippen molar-refractivity contribution in [2.45, 2.75) is 153 Å². The van der Waals surface area contributed by atoms with Crippen LogP contribution in [0.4, 0.5) is 0 Å². The van der Waals surface area contributed by atoms with E-state index in [1.165, 1.54) is 154 Å². The van der Waals surface area contributed by atoms with Gasteiger partial charge in [0.2, 0.25) is 70.9 Å². The standard InChI is InChI=1S/C80H94N12O18/c1-42-69(94)83-44(3)75(100)87(7)57(33-48-15-24-54(106-13)25-16-48)73(98)85-46(5)77(102)91(11)61-35-50-19-28-56(29-20-50)108-67-40-52(36-59(71(96)81-42)89(9)79(61)104)22-31-64(67)110-68-41-53-23-32-65(68)109-66-39-51(21-30-63(66)93)38-62-80(105)90(10)60(37-53)72(97)82-43(2)70(95)84-45(4)76(101)88(8)58(34-49-17-26-55(107-14)27-18-49)74(99)86-47(6)78(103)92(62)12/h15-32,39-47,57-62,93H,33-38H2,1-14H3,(H,81,96)(H,82,97)(H,83,94)(H,84,95)(H,85,98)(H,86,99)/t42-,43-,44+,45+,46+,47+,57+,58+,59+,60+,61+,62+/m1/s1. The molecular weight excluding hydrogens is 1420 g/mol. The van der Waals surface area contributed by atoms with E-state index < -0.39 is 143 Å². The fraction of sp³-hybridized carbons (Fsp3) is 0.400. The molecule has 7 N–H and O–H groups in total. The van der Waals surface area contributed by atoms with Gasteiger partial charge in [-0.3, -0.25) is 57.5 Å². The van der Waals surface area contributed by atoms with E-state index in [2.05, 4.69) is 31.9 Å². The number of nitrogens with one attached hydrogen (secondary N) is 6. The summed E-state index contributed by atoms with van der Waals surface area (Å²) in [5.74, 6) is -7.74. The van der Waals surface area contributed by atoms with Crippen molar-refractivity contribution in [3.05, 3.63) is 161 Å². The van der Waals surface area contributed by atoms with Gasteiger partial charge in [-0.05, 0) is 148 Å². The first kappa shape index (κ1) is 80.3. The Bertz CT molecular complexity index is 4520. The molecule has 12 rings (SSSR count). The average molecular weight is 1510 g/mol. The van der Waals surface area contributed by atoms with Gasteiger partial charge in [0.05, 0.1) is 14.2 Å². The Hall–Kier alpha value is -12.2. The summed E-state index contributed by atoms with van der Waals surface area (Å²) in [7, 11) is 11.4. The number of amides is 12. The van der Waals surface area contributed by atoms with Crippen LogP contribution < -0.4 is 55.6 Å². The number of phenols is 1. The number of ether oxygens (including phenoxy) is 5. The number of rotatable bonds is 8. The van der Waals surface area contributed by atoms with Crippen molar-refractivity contribution in [3.63, 3.8) is 0 Å². The van der Waals surface area contributed by atoms with Crippen LogP contribution in [0.15, 0.2) is 127 Å². The van der Waals surface area contributed by atoms with Crippen LogP contribution in [0.5, 0.6) is 51.7 Å². The van der Waals surface area contributed by atoms with Crippen LogP contribution in [0.25, 0.3) is 0 Å². The average Bonchev–Trinajstić information content (AvgIpc) is 0.794. The summed E-state index contributed by atoms with van der Waals surface area (Å²) >= 11 is 0. The van der Waals surface area contributed by atoms with E-state index in [9.17, 15) is 43.5 Å². The van der Waals surface area contributed by atoms with Gasteiger partial charge in [0.1, 0.15) is 89.8 Å². The minimum absolute atomic E-state index is 0.00600. The van der Waals surface area contributed by atoms with E-state index in [-0.39, 0.29) is 78.8 Å². The van der Waals surface area contributed by atoms with Gasteiger partial charge in [-0.25, -0.2) is 0 Å². The lowest BCUT2D eigenvalue weighted by atomic mass is 9.98. The number of phenolic OH excluding ortho intramolecular Hbond substituents is 1. The van der Waals surface area contributed by atoms with Crippen molar-refractivity contribution < 1.29 is 86.3 Å². The smallest absolute Gasteiger partial charge is 0.246 e. The van der Waals surface area contributed by atoms with Crippen molar-refractivity contribution in [1.82, 2.24) is 61.3 Å². The highest BCUT2D eigenvalue weighted by atomic mass is 16.5. The molecule has 582 valence electrons. The number of aromatic hydroxyl groups is 1. The van der Waals surface area contributed by atoms with Crippen LogP contribution in [0.1, 0.15) is 74.9 Å². The Morgan fingerprint density at radius 3 is 1.15 bits per heavy atom. The highest BCUT2D eigenvalue weighted by molar-refractivity contribution is 6.00. The Balaban J connectivity index is 1.01. The maximum Gasteiger partial charge on any atom is 0.246 e. The minimum Gasteiger partial charge on any atom is -0.504 e. The lowest BCUT2D eigenvalue weighted by Gasteiger charge is -2.37. The summed E-state index contributed by atoms with van der Waals surface area (Å²) in [5, 5.41) is 27.9. The highest BCUT2D eigenvalue weighted by Crippen LogP contribution is 2.44. The van der Waals surface area contributed by atoms with E-state index in [4.69, 9.17) is 23.7 Å². The van der Waals surface area contributed by atoms with E-state index in [1.807, 2.05) is 0 Å². The first-order chi connectivity index (χ1) is 52.2. The third-order valence-corrected chi connectivity index (χ3v) is 20.6. The molecule has 30 heteroatoms. The Kier molecular flexibility index (Phi) is 25.1. The van der Waals surface area contributed by atoms with Crippen LogP contribution in [0.2, 0.25) is 0 Å².